The molecule has 1 aromatic heterocycles. The number of anilines is 4. The van der Waals surface area contributed by atoms with Crippen molar-refractivity contribution in [2.45, 2.75) is 101 Å². The molecule has 2 aliphatic carbocycles. The number of benzene rings is 1. The molecule has 0 radical (unpaired) electrons. The molecule has 2 bridgehead atoms. The van der Waals surface area contributed by atoms with Crippen LogP contribution in [0.2, 0.25) is 0 Å². The summed E-state index contributed by atoms with van der Waals surface area (Å²) in [5.74, 6) is 0.234. The molecule has 10 heteroatoms. The van der Waals surface area contributed by atoms with Gasteiger partial charge in [-0.05, 0) is 76.6 Å². The second-order valence-electron chi connectivity index (χ2n) is 13.0. The highest BCUT2D eigenvalue weighted by molar-refractivity contribution is 6.01. The molecule has 4 heterocycles. The second-order valence-corrected chi connectivity index (χ2v) is 13.0. The molecule has 2 saturated carbocycles. The summed E-state index contributed by atoms with van der Waals surface area (Å²) in [4.78, 5) is 40.0. The standard InChI is InChI=1S/C31H40FN7O2/c1-38-22-8-5-9-23(38)16-20(15-22)34-28(40)19-10-11-25(24(32)14-19)36-30-33-17-26-27(37-30)39(21-6-3-2-4-7-21)18-31(12-13-31)29(41)35-26/h10-11,14,17,20-23H,2-9,12-13,15-16,18H2,1H3,(H,34,40)(H,35,41)(H,33,36,37)/t20-,22-,23+. The van der Waals surface area contributed by atoms with Crippen LogP contribution in [0.25, 0.3) is 0 Å². The predicted octanol–water partition coefficient (Wildman–Crippen LogP) is 4.98. The van der Waals surface area contributed by atoms with E-state index in [2.05, 4.69) is 37.8 Å². The summed E-state index contributed by atoms with van der Waals surface area (Å²) in [7, 11) is 2.19. The monoisotopic (exact) mass is 561 g/mol. The average Bonchev–Trinajstić information content (AvgIpc) is 3.77. The van der Waals surface area contributed by atoms with E-state index in [1.54, 1.807) is 18.3 Å². The number of hydrogen-bond donors (Lipinski definition) is 3. The van der Waals surface area contributed by atoms with E-state index in [9.17, 15) is 9.59 Å². The first-order valence-corrected chi connectivity index (χ1v) is 15.4. The maximum atomic E-state index is 15.3. The fourth-order valence-corrected chi connectivity index (χ4v) is 7.58. The molecule has 5 aliphatic rings. The van der Waals surface area contributed by atoms with Crippen molar-refractivity contribution in [2.24, 2.45) is 5.41 Å². The van der Waals surface area contributed by atoms with Crippen molar-refractivity contribution in [3.63, 3.8) is 0 Å². The van der Waals surface area contributed by atoms with E-state index in [0.717, 1.165) is 38.5 Å². The SMILES string of the molecule is CN1[C@@H]2CCC[C@H]1C[C@H](NC(=O)c1ccc(Nc3ncc4c(n3)N(C3CCCCC3)CC3(CC3)C(=O)N4)c(F)c1)C2. The number of aromatic nitrogens is 2. The van der Waals surface area contributed by atoms with E-state index in [1.807, 2.05) is 0 Å². The Morgan fingerprint density at radius 2 is 1.78 bits per heavy atom. The molecule has 3 aliphatic heterocycles. The molecular weight excluding hydrogens is 521 g/mol. The van der Waals surface area contributed by atoms with Crippen LogP contribution >= 0.6 is 0 Å². The fraction of sp³-hybridized carbons (Fsp3) is 0.613. The Kier molecular flexibility index (Phi) is 6.84. The highest BCUT2D eigenvalue weighted by Gasteiger charge is 2.53. The van der Waals surface area contributed by atoms with E-state index >= 15 is 4.39 Å². The Hall–Kier alpha value is -3.27. The lowest BCUT2D eigenvalue weighted by atomic mass is 9.82. The average molecular weight is 562 g/mol. The van der Waals surface area contributed by atoms with Gasteiger partial charge in [0, 0.05) is 36.3 Å². The molecule has 7 rings (SSSR count). The normalized spacial score (nSPS) is 27.5. The van der Waals surface area contributed by atoms with E-state index < -0.39 is 5.82 Å². The third-order valence-electron chi connectivity index (χ3n) is 10.3. The van der Waals surface area contributed by atoms with Gasteiger partial charge in [0.2, 0.25) is 11.9 Å². The topological polar surface area (TPSA) is 102 Å². The number of carbonyl (C=O) groups excluding carboxylic acids is 2. The minimum Gasteiger partial charge on any atom is -0.351 e. The molecule has 2 amide bonds. The molecule has 218 valence electrons. The van der Waals surface area contributed by atoms with Gasteiger partial charge < -0.3 is 25.8 Å². The van der Waals surface area contributed by atoms with Gasteiger partial charge in [-0.2, -0.15) is 4.98 Å². The predicted molar refractivity (Wildman–Crippen MR) is 156 cm³/mol. The van der Waals surface area contributed by atoms with Crippen molar-refractivity contribution < 1.29 is 14.0 Å². The van der Waals surface area contributed by atoms with Crippen LogP contribution in [0.5, 0.6) is 0 Å². The third-order valence-corrected chi connectivity index (χ3v) is 10.3. The van der Waals surface area contributed by atoms with Gasteiger partial charge in [0.15, 0.2) is 5.82 Å². The van der Waals surface area contributed by atoms with Crippen LogP contribution < -0.4 is 20.9 Å². The number of hydrogen-bond acceptors (Lipinski definition) is 7. The third kappa shape index (κ3) is 5.15. The molecule has 3 N–H and O–H groups in total. The van der Waals surface area contributed by atoms with Gasteiger partial charge in [0.05, 0.1) is 17.3 Å². The first-order valence-electron chi connectivity index (χ1n) is 15.4. The molecule has 0 unspecified atom stereocenters. The fourth-order valence-electron chi connectivity index (χ4n) is 7.58. The van der Waals surface area contributed by atoms with Crippen LogP contribution in [-0.4, -0.2) is 64.4 Å². The highest BCUT2D eigenvalue weighted by Crippen LogP contribution is 2.51. The molecule has 9 nitrogen and oxygen atoms in total. The molecule has 2 saturated heterocycles. The summed E-state index contributed by atoms with van der Waals surface area (Å²) >= 11 is 0. The van der Waals surface area contributed by atoms with Crippen molar-refractivity contribution in [3.05, 3.63) is 35.8 Å². The molecule has 3 atom stereocenters. The van der Waals surface area contributed by atoms with Crippen LogP contribution in [0.1, 0.15) is 87.4 Å². The Labute approximate surface area is 240 Å². The van der Waals surface area contributed by atoms with E-state index in [1.165, 1.54) is 44.6 Å². The lowest BCUT2D eigenvalue weighted by Crippen LogP contribution is -2.55. The summed E-state index contributed by atoms with van der Waals surface area (Å²) in [5.41, 5.74) is 0.776. The van der Waals surface area contributed by atoms with Gasteiger partial charge >= 0.3 is 0 Å². The lowest BCUT2D eigenvalue weighted by molar-refractivity contribution is -0.120. The summed E-state index contributed by atoms with van der Waals surface area (Å²) < 4.78 is 15.3. The number of halogens is 1. The molecule has 1 aromatic carbocycles. The summed E-state index contributed by atoms with van der Waals surface area (Å²) in [6, 6.07) is 5.96. The van der Waals surface area contributed by atoms with Crippen molar-refractivity contribution in [1.82, 2.24) is 20.2 Å². The van der Waals surface area contributed by atoms with Crippen LogP contribution in [0.4, 0.5) is 27.5 Å². The van der Waals surface area contributed by atoms with Crippen LogP contribution in [0.3, 0.4) is 0 Å². The van der Waals surface area contributed by atoms with Crippen LogP contribution in [0, 0.1) is 11.2 Å². The molecule has 1 spiro atoms. The Balaban J connectivity index is 1.07. The quantitative estimate of drug-likeness (QED) is 0.473. The van der Waals surface area contributed by atoms with Gasteiger partial charge in [-0.1, -0.05) is 25.7 Å². The number of amides is 2. The Morgan fingerprint density at radius 1 is 1.05 bits per heavy atom. The van der Waals surface area contributed by atoms with E-state index in [4.69, 9.17) is 4.98 Å². The number of piperidine rings is 2. The van der Waals surface area contributed by atoms with Gasteiger partial charge in [-0.25, -0.2) is 9.37 Å². The van der Waals surface area contributed by atoms with Gasteiger partial charge in [0.25, 0.3) is 5.91 Å². The number of carbonyl (C=O) groups is 2. The number of nitrogens with one attached hydrogen (secondary N) is 3. The number of fused-ring (bicyclic) bond motifs is 3. The zero-order valence-electron chi connectivity index (χ0n) is 23.8. The van der Waals surface area contributed by atoms with Crippen molar-refractivity contribution in [3.8, 4) is 0 Å². The van der Waals surface area contributed by atoms with Crippen LogP contribution in [0.15, 0.2) is 24.4 Å². The largest absolute Gasteiger partial charge is 0.351 e. The van der Waals surface area contributed by atoms with Crippen molar-refractivity contribution in [1.29, 1.82) is 0 Å². The molecular formula is C31H40FN7O2. The summed E-state index contributed by atoms with van der Waals surface area (Å²) in [6.07, 6.45) is 14.6. The second kappa shape index (κ2) is 10.5. The molecule has 4 fully saturated rings. The maximum Gasteiger partial charge on any atom is 0.251 e. The van der Waals surface area contributed by atoms with E-state index in [0.29, 0.717) is 41.7 Å². The number of nitrogens with zero attached hydrogens (tertiary/aromatic N) is 4. The lowest BCUT2D eigenvalue weighted by Gasteiger charge is -2.47. The molecule has 2 aromatic rings. The summed E-state index contributed by atoms with van der Waals surface area (Å²) in [6.45, 7) is 0.657. The minimum atomic E-state index is -0.536. The first-order chi connectivity index (χ1) is 19.9. The van der Waals surface area contributed by atoms with Gasteiger partial charge in [-0.3, -0.25) is 9.59 Å². The maximum absolute atomic E-state index is 15.3. The smallest absolute Gasteiger partial charge is 0.251 e. The zero-order chi connectivity index (χ0) is 28.1. The van der Waals surface area contributed by atoms with Crippen molar-refractivity contribution in [2.75, 3.05) is 29.1 Å². The Morgan fingerprint density at radius 3 is 2.49 bits per heavy atom. The van der Waals surface area contributed by atoms with Gasteiger partial charge in [0.1, 0.15) is 11.5 Å². The number of rotatable bonds is 5. The van der Waals surface area contributed by atoms with E-state index in [-0.39, 0.29) is 34.9 Å². The Bertz CT molecular complexity index is 1330. The summed E-state index contributed by atoms with van der Waals surface area (Å²) in [5, 5.41) is 9.23. The van der Waals surface area contributed by atoms with Crippen molar-refractivity contribution >= 4 is 35.0 Å². The van der Waals surface area contributed by atoms with Crippen LogP contribution in [-0.2, 0) is 4.79 Å². The molecule has 41 heavy (non-hydrogen) atoms. The van der Waals surface area contributed by atoms with Gasteiger partial charge in [-0.15, -0.1) is 0 Å². The minimum absolute atomic E-state index is 0.0460. The zero-order valence-corrected chi connectivity index (χ0v) is 23.8. The highest BCUT2D eigenvalue weighted by atomic mass is 19.1. The first kappa shape index (κ1) is 26.6.